The average molecular weight is 277 g/mol. The minimum absolute atomic E-state index is 0.0245. The van der Waals surface area contributed by atoms with Gasteiger partial charge in [-0.15, -0.1) is 11.3 Å². The summed E-state index contributed by atoms with van der Waals surface area (Å²) in [6.45, 7) is 3.83. The molecule has 0 fully saturated rings. The van der Waals surface area contributed by atoms with Crippen LogP contribution in [0.2, 0.25) is 0 Å². The van der Waals surface area contributed by atoms with E-state index < -0.39 is 0 Å². The van der Waals surface area contributed by atoms with Gasteiger partial charge in [-0.2, -0.15) is 5.26 Å². The Kier molecular flexibility index (Phi) is 4.94. The molecule has 0 spiro atoms. The molecule has 2 heterocycles. The number of carbonyl (C=O) groups excluding carboxylic acids is 1. The second-order valence-corrected chi connectivity index (χ2v) is 5.86. The molecule has 2 N–H and O–H groups in total. The Morgan fingerprint density at radius 1 is 1.53 bits per heavy atom. The number of hydrogen-bond acceptors (Lipinski definition) is 4. The van der Waals surface area contributed by atoms with Gasteiger partial charge in [0.05, 0.1) is 5.56 Å². The van der Waals surface area contributed by atoms with Gasteiger partial charge in [0.2, 0.25) is 5.91 Å². The summed E-state index contributed by atoms with van der Waals surface area (Å²) in [6.07, 6.45) is 4.51. The first-order valence-electron chi connectivity index (χ1n) is 6.81. The molecule has 0 saturated carbocycles. The molecule has 0 bridgehead atoms. The van der Waals surface area contributed by atoms with Gasteiger partial charge in [0.15, 0.2) is 0 Å². The van der Waals surface area contributed by atoms with E-state index in [1.807, 2.05) is 0 Å². The molecule has 0 unspecified atom stereocenters. The number of rotatable bonds is 5. The van der Waals surface area contributed by atoms with Crippen molar-refractivity contribution in [1.82, 2.24) is 5.32 Å². The van der Waals surface area contributed by atoms with Crippen LogP contribution in [-0.4, -0.2) is 12.5 Å². The highest BCUT2D eigenvalue weighted by Crippen LogP contribution is 2.34. The molecule has 0 atom stereocenters. The third-order valence-electron chi connectivity index (χ3n) is 3.30. The van der Waals surface area contributed by atoms with E-state index in [1.54, 1.807) is 0 Å². The first-order valence-corrected chi connectivity index (χ1v) is 7.63. The molecule has 5 heteroatoms. The van der Waals surface area contributed by atoms with Crippen LogP contribution in [0.4, 0.5) is 5.00 Å². The van der Waals surface area contributed by atoms with Crippen molar-refractivity contribution in [2.45, 2.75) is 45.6 Å². The van der Waals surface area contributed by atoms with Gasteiger partial charge in [0, 0.05) is 17.8 Å². The van der Waals surface area contributed by atoms with Crippen LogP contribution >= 0.6 is 11.3 Å². The lowest BCUT2D eigenvalue weighted by Crippen LogP contribution is -2.22. The standard InChI is InChI=1S/C14H19N3OS/c1-2-3-4-5-13(18)17-14-11(8-15)10-6-7-16-9-12(10)19-14/h16H,2-7,9H2,1H3,(H,17,18). The fraction of sp³-hybridized carbons (Fsp3) is 0.571. The fourth-order valence-corrected chi connectivity index (χ4v) is 3.45. The SMILES string of the molecule is CCCCCC(=O)Nc1sc2c(c1C#N)CCNC2. The summed E-state index contributed by atoms with van der Waals surface area (Å²) in [4.78, 5) is 13.0. The first kappa shape index (κ1) is 14.0. The van der Waals surface area contributed by atoms with E-state index in [0.29, 0.717) is 12.0 Å². The van der Waals surface area contributed by atoms with E-state index in [-0.39, 0.29) is 5.91 Å². The summed E-state index contributed by atoms with van der Waals surface area (Å²) in [6, 6.07) is 2.24. The van der Waals surface area contributed by atoms with Crippen molar-refractivity contribution in [2.24, 2.45) is 0 Å². The van der Waals surface area contributed by atoms with E-state index >= 15 is 0 Å². The van der Waals surface area contributed by atoms with Crippen LogP contribution < -0.4 is 10.6 Å². The first-order chi connectivity index (χ1) is 9.26. The third kappa shape index (κ3) is 3.34. The second kappa shape index (κ2) is 6.69. The number of unbranched alkanes of at least 4 members (excludes halogenated alkanes) is 2. The second-order valence-electron chi connectivity index (χ2n) is 4.75. The van der Waals surface area contributed by atoms with E-state index in [0.717, 1.165) is 49.3 Å². The van der Waals surface area contributed by atoms with E-state index in [2.05, 4.69) is 23.6 Å². The minimum Gasteiger partial charge on any atom is -0.317 e. The van der Waals surface area contributed by atoms with Gasteiger partial charge >= 0.3 is 0 Å². The molecule has 1 amide bonds. The molecule has 1 aromatic rings. The summed E-state index contributed by atoms with van der Waals surface area (Å²) in [7, 11) is 0. The monoisotopic (exact) mass is 277 g/mol. The van der Waals surface area contributed by atoms with Crippen molar-refractivity contribution < 1.29 is 4.79 Å². The quantitative estimate of drug-likeness (QED) is 0.813. The highest BCUT2D eigenvalue weighted by molar-refractivity contribution is 7.16. The van der Waals surface area contributed by atoms with Crippen molar-refractivity contribution in [2.75, 3.05) is 11.9 Å². The Labute approximate surface area is 117 Å². The summed E-state index contributed by atoms with van der Waals surface area (Å²) < 4.78 is 0. The predicted molar refractivity (Wildman–Crippen MR) is 77.2 cm³/mol. The van der Waals surface area contributed by atoms with Crippen molar-refractivity contribution in [3.05, 3.63) is 16.0 Å². The van der Waals surface area contributed by atoms with Gasteiger partial charge in [-0.3, -0.25) is 4.79 Å². The summed E-state index contributed by atoms with van der Waals surface area (Å²) >= 11 is 1.54. The molecule has 0 radical (unpaired) electrons. The molecule has 0 aliphatic carbocycles. The van der Waals surface area contributed by atoms with Gasteiger partial charge in [-0.1, -0.05) is 19.8 Å². The molecule has 1 aliphatic heterocycles. The highest BCUT2D eigenvalue weighted by Gasteiger charge is 2.21. The molecule has 102 valence electrons. The van der Waals surface area contributed by atoms with Crippen LogP contribution in [0.5, 0.6) is 0 Å². The minimum atomic E-state index is 0.0245. The smallest absolute Gasteiger partial charge is 0.225 e. The van der Waals surface area contributed by atoms with Crippen LogP contribution in [0.1, 0.15) is 48.6 Å². The topological polar surface area (TPSA) is 64.9 Å². The Hall–Kier alpha value is -1.38. The summed E-state index contributed by atoms with van der Waals surface area (Å²) in [5.41, 5.74) is 1.79. The lowest BCUT2D eigenvalue weighted by atomic mass is 10.1. The van der Waals surface area contributed by atoms with Crippen LogP contribution in [0.25, 0.3) is 0 Å². The number of carbonyl (C=O) groups is 1. The van der Waals surface area contributed by atoms with Crippen molar-refractivity contribution in [1.29, 1.82) is 5.26 Å². The van der Waals surface area contributed by atoms with Crippen LogP contribution in [0.3, 0.4) is 0 Å². The zero-order chi connectivity index (χ0) is 13.7. The lowest BCUT2D eigenvalue weighted by molar-refractivity contribution is -0.116. The zero-order valence-corrected chi connectivity index (χ0v) is 12.0. The fourth-order valence-electron chi connectivity index (χ4n) is 2.27. The number of hydrogen-bond donors (Lipinski definition) is 2. The third-order valence-corrected chi connectivity index (χ3v) is 4.45. The molecule has 1 aromatic heterocycles. The normalized spacial score (nSPS) is 13.7. The highest BCUT2D eigenvalue weighted by atomic mass is 32.1. The maximum Gasteiger partial charge on any atom is 0.225 e. The van der Waals surface area contributed by atoms with E-state index in [4.69, 9.17) is 0 Å². The van der Waals surface area contributed by atoms with Crippen molar-refractivity contribution >= 4 is 22.2 Å². The van der Waals surface area contributed by atoms with E-state index in [9.17, 15) is 10.1 Å². The van der Waals surface area contributed by atoms with Gasteiger partial charge in [-0.25, -0.2) is 0 Å². The number of thiophene rings is 1. The molecule has 1 aliphatic rings. The Morgan fingerprint density at radius 3 is 3.11 bits per heavy atom. The Bertz CT molecular complexity index is 502. The van der Waals surface area contributed by atoms with Gasteiger partial charge in [0.1, 0.15) is 11.1 Å². The number of nitrogens with zero attached hydrogens (tertiary/aromatic N) is 1. The number of amides is 1. The van der Waals surface area contributed by atoms with Crippen LogP contribution in [-0.2, 0) is 17.8 Å². The summed E-state index contributed by atoms with van der Waals surface area (Å²) in [5, 5.41) is 16.2. The lowest BCUT2D eigenvalue weighted by Gasteiger charge is -2.11. The van der Waals surface area contributed by atoms with Crippen LogP contribution in [0.15, 0.2) is 0 Å². The largest absolute Gasteiger partial charge is 0.317 e. The predicted octanol–water partition coefficient (Wildman–Crippen LogP) is 2.78. The summed E-state index contributed by atoms with van der Waals surface area (Å²) in [5.74, 6) is 0.0245. The van der Waals surface area contributed by atoms with Crippen LogP contribution in [0, 0.1) is 11.3 Å². The molecule has 4 nitrogen and oxygen atoms in total. The number of nitrogens with one attached hydrogen (secondary N) is 2. The maximum absolute atomic E-state index is 11.8. The molecule has 2 rings (SSSR count). The van der Waals surface area contributed by atoms with Gasteiger partial charge < -0.3 is 10.6 Å². The van der Waals surface area contributed by atoms with Gasteiger partial charge in [-0.05, 0) is 24.9 Å². The Morgan fingerprint density at radius 2 is 2.37 bits per heavy atom. The zero-order valence-electron chi connectivity index (χ0n) is 11.2. The number of nitriles is 1. The Balaban J connectivity index is 2.06. The molecular formula is C14H19N3OS. The van der Waals surface area contributed by atoms with Crippen molar-refractivity contribution in [3.63, 3.8) is 0 Å². The number of fused-ring (bicyclic) bond motifs is 1. The van der Waals surface area contributed by atoms with E-state index in [1.165, 1.54) is 16.2 Å². The number of anilines is 1. The maximum atomic E-state index is 11.8. The average Bonchev–Trinajstić information content (AvgIpc) is 2.76. The van der Waals surface area contributed by atoms with Crippen molar-refractivity contribution in [3.8, 4) is 6.07 Å². The molecule has 19 heavy (non-hydrogen) atoms. The van der Waals surface area contributed by atoms with Gasteiger partial charge in [0.25, 0.3) is 0 Å². The molecule has 0 aromatic carbocycles. The molecule has 0 saturated heterocycles. The molecular weight excluding hydrogens is 258 g/mol.